The lowest BCUT2D eigenvalue weighted by atomic mass is 10.1. The molecule has 156 valence electrons. The Morgan fingerprint density at radius 3 is 2.16 bits per heavy atom. The van der Waals surface area contributed by atoms with Gasteiger partial charge in [0.05, 0.1) is 11.4 Å². The van der Waals surface area contributed by atoms with E-state index >= 15 is 0 Å². The molecular weight excluding hydrogens is 449 g/mol. The number of aryl methyl sites for hydroxylation is 1. The van der Waals surface area contributed by atoms with E-state index in [0.717, 1.165) is 39.0 Å². The number of primary amides is 1. The van der Waals surface area contributed by atoms with E-state index in [2.05, 4.69) is 4.98 Å². The summed E-state index contributed by atoms with van der Waals surface area (Å²) in [5, 5.41) is 2.15. The molecule has 31 heavy (non-hydrogen) atoms. The predicted octanol–water partition coefficient (Wildman–Crippen LogP) is 6.48. The molecule has 4 nitrogen and oxygen atoms in total. The molecule has 1 aromatic heterocycles. The third-order valence-corrected chi connectivity index (χ3v) is 6.20. The highest BCUT2D eigenvalue weighted by Gasteiger charge is 2.15. The van der Waals surface area contributed by atoms with Gasteiger partial charge in [0.25, 0.3) is 0 Å². The number of benzene rings is 3. The quantitative estimate of drug-likeness (QED) is 0.305. The highest BCUT2D eigenvalue weighted by atomic mass is 35.5. The van der Waals surface area contributed by atoms with Gasteiger partial charge in [0, 0.05) is 32.5 Å². The number of hydrogen-bond acceptors (Lipinski definition) is 3. The maximum atomic E-state index is 11.6. The van der Waals surface area contributed by atoms with E-state index in [9.17, 15) is 4.79 Å². The standard InChI is InChI=1S/C24H19Cl2N3OS/c25-18-9-5-16(6-10-18)21-22(17-7-11-19(26)12-8-17)29-24(28-21)31-14-13-15-3-1-2-4-20(15)23(27)30/h1-12H,13-14H2,(H2,27,30)(H,28,29). The predicted molar refractivity (Wildman–Crippen MR) is 129 cm³/mol. The van der Waals surface area contributed by atoms with Crippen LogP contribution < -0.4 is 5.73 Å². The number of carbonyl (C=O) groups excluding carboxylic acids is 1. The molecule has 3 N–H and O–H groups in total. The first kappa shape index (κ1) is 21.5. The van der Waals surface area contributed by atoms with Gasteiger partial charge in [0.15, 0.2) is 5.16 Å². The molecule has 0 spiro atoms. The number of halogens is 2. The number of imidazole rings is 1. The Morgan fingerprint density at radius 2 is 1.52 bits per heavy atom. The molecule has 0 aliphatic heterocycles. The summed E-state index contributed by atoms with van der Waals surface area (Å²) in [6.07, 6.45) is 0.705. The Balaban J connectivity index is 1.60. The molecule has 0 aliphatic carbocycles. The number of nitrogens with zero attached hydrogens (tertiary/aromatic N) is 1. The SMILES string of the molecule is NC(=O)c1ccccc1CCSc1nc(-c2ccc(Cl)cc2)c(-c2ccc(Cl)cc2)[nH]1. The van der Waals surface area contributed by atoms with E-state index < -0.39 is 5.91 Å². The van der Waals surface area contributed by atoms with Gasteiger partial charge >= 0.3 is 0 Å². The van der Waals surface area contributed by atoms with Gasteiger partial charge in [-0.2, -0.15) is 0 Å². The Morgan fingerprint density at radius 1 is 0.903 bits per heavy atom. The minimum atomic E-state index is -0.409. The van der Waals surface area contributed by atoms with Crippen LogP contribution in [0.4, 0.5) is 0 Å². The van der Waals surface area contributed by atoms with E-state index in [-0.39, 0.29) is 0 Å². The summed E-state index contributed by atoms with van der Waals surface area (Å²) in [4.78, 5) is 19.9. The Labute approximate surface area is 194 Å². The second-order valence-corrected chi connectivity index (χ2v) is 8.86. The Hall–Kier alpha value is -2.73. The van der Waals surface area contributed by atoms with Crippen molar-refractivity contribution in [2.24, 2.45) is 5.73 Å². The van der Waals surface area contributed by atoms with Crippen molar-refractivity contribution >= 4 is 40.9 Å². The largest absolute Gasteiger partial charge is 0.366 e. The molecule has 0 aliphatic rings. The number of H-pyrrole nitrogens is 1. The lowest BCUT2D eigenvalue weighted by Crippen LogP contribution is -2.13. The molecule has 0 unspecified atom stereocenters. The number of nitrogens with one attached hydrogen (secondary N) is 1. The number of nitrogens with two attached hydrogens (primary N) is 1. The molecule has 4 aromatic rings. The number of hydrogen-bond donors (Lipinski definition) is 2. The Bertz CT molecular complexity index is 1140. The second kappa shape index (κ2) is 9.60. The summed E-state index contributed by atoms with van der Waals surface area (Å²) in [6.45, 7) is 0. The highest BCUT2D eigenvalue weighted by Crippen LogP contribution is 2.34. The fourth-order valence-corrected chi connectivity index (χ4v) is 4.40. The smallest absolute Gasteiger partial charge is 0.248 e. The lowest BCUT2D eigenvalue weighted by Gasteiger charge is -2.05. The van der Waals surface area contributed by atoms with Crippen LogP contribution in [-0.2, 0) is 6.42 Å². The minimum absolute atomic E-state index is 0.409. The molecule has 0 bridgehead atoms. The van der Waals surface area contributed by atoms with Crippen LogP contribution in [0, 0.1) is 0 Å². The average Bonchev–Trinajstić information content (AvgIpc) is 3.19. The fourth-order valence-electron chi connectivity index (χ4n) is 3.30. The third-order valence-electron chi connectivity index (χ3n) is 4.83. The van der Waals surface area contributed by atoms with Gasteiger partial charge in [-0.25, -0.2) is 4.98 Å². The second-order valence-electron chi connectivity index (χ2n) is 6.90. The van der Waals surface area contributed by atoms with E-state index in [1.165, 1.54) is 0 Å². The monoisotopic (exact) mass is 467 g/mol. The number of aromatic nitrogens is 2. The first-order chi connectivity index (χ1) is 15.0. The number of carbonyl (C=O) groups is 1. The molecule has 0 saturated heterocycles. The summed E-state index contributed by atoms with van der Waals surface area (Å²) in [5.74, 6) is 0.339. The fraction of sp³-hybridized carbons (Fsp3) is 0.0833. The van der Waals surface area contributed by atoms with E-state index in [0.29, 0.717) is 22.0 Å². The molecule has 4 rings (SSSR count). The number of aromatic amines is 1. The van der Waals surface area contributed by atoms with Gasteiger partial charge in [-0.1, -0.05) is 77.4 Å². The van der Waals surface area contributed by atoms with Crippen LogP contribution >= 0.6 is 35.0 Å². The zero-order valence-electron chi connectivity index (χ0n) is 16.4. The van der Waals surface area contributed by atoms with Crippen LogP contribution in [0.15, 0.2) is 78.0 Å². The lowest BCUT2D eigenvalue weighted by molar-refractivity contribution is 0.0999. The molecule has 7 heteroatoms. The van der Waals surface area contributed by atoms with E-state index in [1.54, 1.807) is 17.8 Å². The van der Waals surface area contributed by atoms with Crippen LogP contribution in [0.5, 0.6) is 0 Å². The summed E-state index contributed by atoms with van der Waals surface area (Å²) in [5.41, 5.74) is 10.7. The average molecular weight is 468 g/mol. The summed E-state index contributed by atoms with van der Waals surface area (Å²) >= 11 is 13.7. The topological polar surface area (TPSA) is 71.8 Å². The number of rotatable bonds is 7. The van der Waals surface area contributed by atoms with Crippen molar-refractivity contribution in [2.45, 2.75) is 11.6 Å². The van der Waals surface area contributed by atoms with Crippen molar-refractivity contribution in [1.82, 2.24) is 9.97 Å². The molecule has 0 fully saturated rings. The van der Waals surface area contributed by atoms with Gasteiger partial charge in [-0.05, 0) is 42.3 Å². The molecule has 3 aromatic carbocycles. The van der Waals surface area contributed by atoms with Gasteiger partial charge in [-0.3, -0.25) is 4.79 Å². The molecular formula is C24H19Cl2N3OS. The van der Waals surface area contributed by atoms with Gasteiger partial charge in [0.1, 0.15) is 0 Å². The van der Waals surface area contributed by atoms with E-state index in [1.807, 2.05) is 66.7 Å². The summed E-state index contributed by atoms with van der Waals surface area (Å²) in [7, 11) is 0. The van der Waals surface area contributed by atoms with Crippen molar-refractivity contribution in [3.63, 3.8) is 0 Å². The van der Waals surface area contributed by atoms with Crippen molar-refractivity contribution in [3.8, 4) is 22.5 Å². The van der Waals surface area contributed by atoms with Crippen LogP contribution in [0.1, 0.15) is 15.9 Å². The molecule has 0 saturated carbocycles. The van der Waals surface area contributed by atoms with E-state index in [4.69, 9.17) is 33.9 Å². The van der Waals surface area contributed by atoms with Crippen molar-refractivity contribution in [1.29, 1.82) is 0 Å². The maximum absolute atomic E-state index is 11.6. The van der Waals surface area contributed by atoms with Crippen LogP contribution in [0.3, 0.4) is 0 Å². The summed E-state index contributed by atoms with van der Waals surface area (Å²) in [6, 6.07) is 22.7. The maximum Gasteiger partial charge on any atom is 0.248 e. The van der Waals surface area contributed by atoms with Gasteiger partial charge < -0.3 is 10.7 Å². The number of amides is 1. The van der Waals surface area contributed by atoms with Gasteiger partial charge in [0.2, 0.25) is 5.91 Å². The zero-order chi connectivity index (χ0) is 21.8. The molecule has 0 radical (unpaired) electrons. The first-order valence-electron chi connectivity index (χ1n) is 9.63. The van der Waals surface area contributed by atoms with Crippen LogP contribution in [-0.4, -0.2) is 21.6 Å². The minimum Gasteiger partial charge on any atom is -0.366 e. The zero-order valence-corrected chi connectivity index (χ0v) is 18.8. The van der Waals surface area contributed by atoms with Gasteiger partial charge in [-0.15, -0.1) is 0 Å². The number of thioether (sulfide) groups is 1. The van der Waals surface area contributed by atoms with Crippen molar-refractivity contribution < 1.29 is 4.79 Å². The highest BCUT2D eigenvalue weighted by molar-refractivity contribution is 7.99. The van der Waals surface area contributed by atoms with Crippen molar-refractivity contribution in [2.75, 3.05) is 5.75 Å². The van der Waals surface area contributed by atoms with Crippen molar-refractivity contribution in [3.05, 3.63) is 94.0 Å². The molecule has 1 heterocycles. The normalized spacial score (nSPS) is 10.9. The van der Waals surface area contributed by atoms with Crippen LogP contribution in [0.2, 0.25) is 10.0 Å². The molecule has 0 atom stereocenters. The first-order valence-corrected chi connectivity index (χ1v) is 11.4. The molecule has 1 amide bonds. The van der Waals surface area contributed by atoms with Crippen LogP contribution in [0.25, 0.3) is 22.5 Å². The summed E-state index contributed by atoms with van der Waals surface area (Å²) < 4.78 is 0. The Kier molecular flexibility index (Phi) is 6.66. The third kappa shape index (κ3) is 5.13.